The van der Waals surface area contributed by atoms with Gasteiger partial charge in [0.25, 0.3) is 0 Å². The van der Waals surface area contributed by atoms with E-state index in [9.17, 15) is 0 Å². The molecule has 0 aliphatic rings. The Bertz CT molecular complexity index is 453. The molecule has 3 unspecified atom stereocenters. The van der Waals surface area contributed by atoms with Crippen LogP contribution >= 0.6 is 0 Å². The molecular weight excluding hydrogens is 492 g/mol. The molecule has 41 heavy (non-hydrogen) atoms. The molecule has 0 bridgehead atoms. The molecule has 0 aromatic heterocycles. The normalized spacial score (nSPS) is 14.0. The highest BCUT2D eigenvalue weighted by atomic mass is 14.1. The summed E-state index contributed by atoms with van der Waals surface area (Å²) in [5.74, 6) is 2.86. The van der Waals surface area contributed by atoms with Crippen LogP contribution in [0, 0.1) is 17.8 Å². The minimum atomic E-state index is 0.948. The van der Waals surface area contributed by atoms with E-state index >= 15 is 0 Å². The molecule has 0 aromatic rings. The lowest BCUT2D eigenvalue weighted by Gasteiger charge is -2.15. The van der Waals surface area contributed by atoms with Crippen molar-refractivity contribution in [3.8, 4) is 0 Å². The lowest BCUT2D eigenvalue weighted by molar-refractivity contribution is 0.385. The molecule has 0 aromatic carbocycles. The zero-order valence-electron chi connectivity index (χ0n) is 30.1. The second-order valence-electron chi connectivity index (χ2n) is 14.9. The smallest absolute Gasteiger partial charge is 0.0443 e. The molecule has 248 valence electrons. The summed E-state index contributed by atoms with van der Waals surface area (Å²) in [6.45, 7) is 12.1. The standard InChI is InChI=1S/C41H84/c1-6-8-10-12-13-14-15-16-17-18-19-20-21-22-23-24-26-29-33-39(3)35-30-27-31-36-41(5)38-32-37-40(4)34-28-25-11-9-7-2/h39-41H,6-38H2,1-5H3. The molecule has 0 N–H and O–H groups in total. The van der Waals surface area contributed by atoms with Crippen molar-refractivity contribution in [2.75, 3.05) is 0 Å². The second kappa shape index (κ2) is 34.5. The van der Waals surface area contributed by atoms with Crippen molar-refractivity contribution in [3.05, 3.63) is 0 Å². The monoisotopic (exact) mass is 577 g/mol. The Morgan fingerprint density at radius 1 is 0.220 bits per heavy atom. The highest BCUT2D eigenvalue weighted by Gasteiger charge is 2.07. The van der Waals surface area contributed by atoms with Crippen molar-refractivity contribution < 1.29 is 0 Å². The van der Waals surface area contributed by atoms with E-state index in [0.29, 0.717) is 0 Å². The van der Waals surface area contributed by atoms with E-state index in [1.165, 1.54) is 212 Å². The second-order valence-corrected chi connectivity index (χ2v) is 14.9. The van der Waals surface area contributed by atoms with Gasteiger partial charge in [-0.05, 0) is 17.8 Å². The Hall–Kier alpha value is 0. The molecule has 0 heterocycles. The van der Waals surface area contributed by atoms with E-state index in [2.05, 4.69) is 34.6 Å². The molecule has 0 rings (SSSR count). The largest absolute Gasteiger partial charge is 0.0654 e. The summed E-state index contributed by atoms with van der Waals surface area (Å²) in [4.78, 5) is 0. The van der Waals surface area contributed by atoms with Crippen LogP contribution in [0.4, 0.5) is 0 Å². The van der Waals surface area contributed by atoms with Crippen molar-refractivity contribution in [1.29, 1.82) is 0 Å². The van der Waals surface area contributed by atoms with Crippen LogP contribution in [0.1, 0.15) is 247 Å². The van der Waals surface area contributed by atoms with Gasteiger partial charge in [0.15, 0.2) is 0 Å². The molecule has 0 spiro atoms. The summed E-state index contributed by atoms with van der Waals surface area (Å²) < 4.78 is 0. The first-order chi connectivity index (χ1) is 20.1. The van der Waals surface area contributed by atoms with Gasteiger partial charge in [0.05, 0.1) is 0 Å². The van der Waals surface area contributed by atoms with Crippen molar-refractivity contribution in [2.24, 2.45) is 17.8 Å². The van der Waals surface area contributed by atoms with Crippen LogP contribution < -0.4 is 0 Å². The van der Waals surface area contributed by atoms with E-state index < -0.39 is 0 Å². The maximum atomic E-state index is 2.52. The SMILES string of the molecule is CCCCCCCCCCCCCCCCCCCCC(C)CCCCCC(C)CCCC(C)CCCCCCC. The summed E-state index contributed by atoms with van der Waals surface area (Å²) >= 11 is 0. The zero-order valence-corrected chi connectivity index (χ0v) is 30.1. The van der Waals surface area contributed by atoms with Crippen LogP contribution in [-0.4, -0.2) is 0 Å². The number of rotatable bonds is 35. The molecule has 3 atom stereocenters. The Morgan fingerprint density at radius 2 is 0.390 bits per heavy atom. The summed E-state index contributed by atoms with van der Waals surface area (Å²) in [7, 11) is 0. The third-order valence-corrected chi connectivity index (χ3v) is 10.1. The van der Waals surface area contributed by atoms with E-state index in [1.54, 1.807) is 0 Å². The van der Waals surface area contributed by atoms with Crippen LogP contribution in [0.25, 0.3) is 0 Å². The fourth-order valence-electron chi connectivity index (χ4n) is 6.90. The summed E-state index contributed by atoms with van der Waals surface area (Å²) in [6, 6.07) is 0. The molecule has 0 aliphatic heterocycles. The van der Waals surface area contributed by atoms with Crippen LogP contribution in [0.15, 0.2) is 0 Å². The first-order valence-corrected chi connectivity index (χ1v) is 20.1. The van der Waals surface area contributed by atoms with Crippen LogP contribution in [0.2, 0.25) is 0 Å². The molecule has 0 saturated carbocycles. The van der Waals surface area contributed by atoms with Crippen molar-refractivity contribution in [2.45, 2.75) is 247 Å². The lowest BCUT2D eigenvalue weighted by Crippen LogP contribution is -2.00. The fraction of sp³-hybridized carbons (Fsp3) is 1.00. The Kier molecular flexibility index (Phi) is 34.5. The van der Waals surface area contributed by atoms with Gasteiger partial charge in [-0.2, -0.15) is 0 Å². The molecular formula is C41H84. The molecule has 0 saturated heterocycles. The van der Waals surface area contributed by atoms with Gasteiger partial charge in [-0.15, -0.1) is 0 Å². The molecule has 0 aliphatic carbocycles. The summed E-state index contributed by atoms with van der Waals surface area (Å²) in [5.41, 5.74) is 0. The minimum absolute atomic E-state index is 0.948. The molecule has 0 nitrogen and oxygen atoms in total. The number of hydrogen-bond acceptors (Lipinski definition) is 0. The van der Waals surface area contributed by atoms with Crippen LogP contribution in [0.3, 0.4) is 0 Å². The summed E-state index contributed by atoms with van der Waals surface area (Å²) in [5, 5.41) is 0. The maximum absolute atomic E-state index is 2.52. The minimum Gasteiger partial charge on any atom is -0.0654 e. The van der Waals surface area contributed by atoms with Gasteiger partial charge in [0, 0.05) is 0 Å². The van der Waals surface area contributed by atoms with Crippen molar-refractivity contribution >= 4 is 0 Å². The highest BCUT2D eigenvalue weighted by Crippen LogP contribution is 2.23. The third-order valence-electron chi connectivity index (χ3n) is 10.1. The van der Waals surface area contributed by atoms with Gasteiger partial charge in [-0.1, -0.05) is 247 Å². The van der Waals surface area contributed by atoms with E-state index in [4.69, 9.17) is 0 Å². The highest BCUT2D eigenvalue weighted by molar-refractivity contribution is 4.61. The van der Waals surface area contributed by atoms with Gasteiger partial charge in [-0.25, -0.2) is 0 Å². The number of unbranched alkanes of at least 4 members (excludes halogenated alkanes) is 23. The van der Waals surface area contributed by atoms with Gasteiger partial charge < -0.3 is 0 Å². The van der Waals surface area contributed by atoms with E-state index in [1.807, 2.05) is 0 Å². The first-order valence-electron chi connectivity index (χ1n) is 20.1. The Balaban J connectivity index is 3.30. The van der Waals surface area contributed by atoms with Gasteiger partial charge in [0.2, 0.25) is 0 Å². The zero-order chi connectivity index (χ0) is 30.1. The molecule has 0 amide bonds. The van der Waals surface area contributed by atoms with E-state index in [0.717, 1.165) is 17.8 Å². The quantitative estimate of drug-likeness (QED) is 0.0658. The summed E-state index contributed by atoms with van der Waals surface area (Å²) in [6.07, 6.45) is 48.5. The topological polar surface area (TPSA) is 0 Å². The maximum Gasteiger partial charge on any atom is -0.0443 e. The third kappa shape index (κ3) is 34.4. The van der Waals surface area contributed by atoms with Crippen molar-refractivity contribution in [1.82, 2.24) is 0 Å². The molecule has 0 heteroatoms. The predicted octanol–water partition coefficient (Wildman–Crippen LogP) is 15.8. The Morgan fingerprint density at radius 3 is 0.634 bits per heavy atom. The molecule has 0 radical (unpaired) electrons. The fourth-order valence-corrected chi connectivity index (χ4v) is 6.90. The average Bonchev–Trinajstić information content (AvgIpc) is 2.96. The lowest BCUT2D eigenvalue weighted by atomic mass is 9.91. The van der Waals surface area contributed by atoms with E-state index in [-0.39, 0.29) is 0 Å². The first kappa shape index (κ1) is 41.0. The molecule has 0 fully saturated rings. The predicted molar refractivity (Wildman–Crippen MR) is 191 cm³/mol. The van der Waals surface area contributed by atoms with Crippen molar-refractivity contribution in [3.63, 3.8) is 0 Å². The number of hydrogen-bond donors (Lipinski definition) is 0. The van der Waals surface area contributed by atoms with Gasteiger partial charge >= 0.3 is 0 Å². The average molecular weight is 577 g/mol. The van der Waals surface area contributed by atoms with Crippen LogP contribution in [0.5, 0.6) is 0 Å². The van der Waals surface area contributed by atoms with Gasteiger partial charge in [0.1, 0.15) is 0 Å². The Labute approximate surface area is 263 Å². The van der Waals surface area contributed by atoms with Gasteiger partial charge in [-0.3, -0.25) is 0 Å². The van der Waals surface area contributed by atoms with Crippen LogP contribution in [-0.2, 0) is 0 Å².